The molecule has 1 aromatic heterocycles. The van der Waals surface area contributed by atoms with Gasteiger partial charge in [-0.2, -0.15) is 9.40 Å². The highest BCUT2D eigenvalue weighted by Gasteiger charge is 2.34. The molecule has 0 N–H and O–H groups in total. The first-order chi connectivity index (χ1) is 16.7. The third kappa shape index (κ3) is 5.55. The van der Waals surface area contributed by atoms with Crippen LogP contribution >= 0.6 is 27.5 Å². The van der Waals surface area contributed by atoms with E-state index in [2.05, 4.69) is 21.0 Å². The number of nitrogens with zero attached hydrogens (tertiary/aromatic N) is 3. The number of hydrogen-bond acceptors (Lipinski definition) is 6. The first kappa shape index (κ1) is 25.7. The average molecular weight is 583 g/mol. The van der Waals surface area contributed by atoms with Crippen LogP contribution in [0.4, 0.5) is 0 Å². The van der Waals surface area contributed by atoms with E-state index in [1.165, 1.54) is 16.4 Å². The van der Waals surface area contributed by atoms with Gasteiger partial charge in [0.15, 0.2) is 0 Å². The smallest absolute Gasteiger partial charge is 0.327 e. The zero-order chi connectivity index (χ0) is 25.2. The van der Waals surface area contributed by atoms with Crippen molar-refractivity contribution in [2.45, 2.75) is 43.7 Å². The Morgan fingerprint density at radius 3 is 2.69 bits per heavy atom. The molecule has 35 heavy (non-hydrogen) atoms. The van der Waals surface area contributed by atoms with Crippen LogP contribution in [0.3, 0.4) is 0 Å². The van der Waals surface area contributed by atoms with Crippen molar-refractivity contribution in [1.82, 2.24) is 14.1 Å². The lowest BCUT2D eigenvalue weighted by Gasteiger charge is -2.31. The minimum atomic E-state index is -3.86. The van der Waals surface area contributed by atoms with E-state index >= 15 is 0 Å². The predicted octanol–water partition coefficient (Wildman–Crippen LogP) is 5.35. The summed E-state index contributed by atoms with van der Waals surface area (Å²) < 4.78 is 41.7. The molecule has 0 spiro atoms. The molecule has 4 rings (SSSR count). The number of fused-ring (bicyclic) bond motifs is 1. The highest BCUT2D eigenvalue weighted by Crippen LogP contribution is 2.38. The number of rotatable bonds is 8. The van der Waals surface area contributed by atoms with E-state index < -0.39 is 16.1 Å². The zero-order valence-corrected chi connectivity index (χ0v) is 22.4. The van der Waals surface area contributed by atoms with Gasteiger partial charge in [0.2, 0.25) is 10.0 Å². The number of esters is 1. The fraction of sp³-hybridized carbons (Fsp3) is 0.333. The Labute approximate surface area is 218 Å². The summed E-state index contributed by atoms with van der Waals surface area (Å²) in [6, 6.07) is 11.3. The Balaban J connectivity index is 1.56. The van der Waals surface area contributed by atoms with Gasteiger partial charge in [0.25, 0.3) is 0 Å². The van der Waals surface area contributed by atoms with Gasteiger partial charge in [0, 0.05) is 22.8 Å². The van der Waals surface area contributed by atoms with E-state index in [1.807, 2.05) is 12.1 Å². The molecule has 0 saturated heterocycles. The molecule has 186 valence electrons. The molecular weight excluding hydrogens is 558 g/mol. The summed E-state index contributed by atoms with van der Waals surface area (Å²) in [6.07, 6.45) is 3.78. The van der Waals surface area contributed by atoms with Crippen molar-refractivity contribution in [3.05, 3.63) is 69.4 Å². The average Bonchev–Trinajstić information content (AvgIpc) is 3.24. The number of sulfonamides is 1. The largest absolute Gasteiger partial charge is 0.465 e. The minimum absolute atomic E-state index is 0.00178. The van der Waals surface area contributed by atoms with Gasteiger partial charge in [-0.1, -0.05) is 27.5 Å². The molecule has 0 unspecified atom stereocenters. The molecule has 2 aromatic carbocycles. The quantitative estimate of drug-likeness (QED) is 0.333. The Kier molecular flexibility index (Phi) is 7.85. The molecule has 0 fully saturated rings. The number of ether oxygens (including phenoxy) is 2. The van der Waals surface area contributed by atoms with E-state index in [1.54, 1.807) is 43.0 Å². The van der Waals surface area contributed by atoms with Gasteiger partial charge in [0.05, 0.1) is 28.8 Å². The van der Waals surface area contributed by atoms with Crippen molar-refractivity contribution in [2.75, 3.05) is 13.7 Å². The van der Waals surface area contributed by atoms with Gasteiger partial charge in [-0.3, -0.25) is 9.48 Å². The lowest BCUT2D eigenvalue weighted by Crippen LogP contribution is -2.33. The standard InChI is InChI=1S/C24H25BrClN3O5S/c1-3-33-24(30)15-29-22-6-4-5-21(19(22)14-27-29)28(2)35(31,32)18-11-12-23(20(26)13-18)34-17-9-7-16(25)8-10-17/h7-14,21H,3-6,15H2,1-2H3/t21-/m1/s1. The van der Waals surface area contributed by atoms with Gasteiger partial charge in [0.1, 0.15) is 18.0 Å². The lowest BCUT2D eigenvalue weighted by molar-refractivity contribution is -0.144. The highest BCUT2D eigenvalue weighted by molar-refractivity contribution is 9.10. The van der Waals surface area contributed by atoms with Crippen molar-refractivity contribution in [3.63, 3.8) is 0 Å². The molecular formula is C24H25BrClN3O5S. The van der Waals surface area contributed by atoms with E-state index in [0.717, 1.165) is 22.2 Å². The van der Waals surface area contributed by atoms with Crippen LogP contribution in [-0.2, 0) is 32.5 Å². The van der Waals surface area contributed by atoms with Gasteiger partial charge in [-0.25, -0.2) is 8.42 Å². The molecule has 1 aliphatic rings. The normalized spacial score (nSPS) is 15.6. The van der Waals surface area contributed by atoms with Crippen molar-refractivity contribution in [2.24, 2.45) is 0 Å². The first-order valence-electron chi connectivity index (χ1n) is 11.1. The Morgan fingerprint density at radius 2 is 2.00 bits per heavy atom. The molecule has 8 nitrogen and oxygen atoms in total. The Hall–Kier alpha value is -2.40. The molecule has 0 amide bonds. The summed E-state index contributed by atoms with van der Waals surface area (Å²) in [5.41, 5.74) is 1.65. The third-order valence-electron chi connectivity index (χ3n) is 5.88. The van der Waals surface area contributed by atoms with Crippen LogP contribution in [0.2, 0.25) is 5.02 Å². The minimum Gasteiger partial charge on any atom is -0.465 e. The van der Waals surface area contributed by atoms with Crippen LogP contribution < -0.4 is 4.74 Å². The number of carbonyl (C=O) groups excluding carboxylic acids is 1. The van der Waals surface area contributed by atoms with Crippen LogP contribution in [0.5, 0.6) is 11.5 Å². The maximum atomic E-state index is 13.5. The fourth-order valence-electron chi connectivity index (χ4n) is 4.13. The molecule has 0 aliphatic heterocycles. The molecule has 3 aromatic rings. The molecule has 0 radical (unpaired) electrons. The topological polar surface area (TPSA) is 90.7 Å². The molecule has 1 heterocycles. The number of carbonyl (C=O) groups is 1. The van der Waals surface area contributed by atoms with Crippen molar-refractivity contribution < 1.29 is 22.7 Å². The molecule has 1 aliphatic carbocycles. The van der Waals surface area contributed by atoms with Crippen LogP contribution in [0.1, 0.15) is 37.1 Å². The number of halogens is 2. The van der Waals surface area contributed by atoms with Crippen molar-refractivity contribution in [3.8, 4) is 11.5 Å². The second kappa shape index (κ2) is 10.7. The first-order valence-corrected chi connectivity index (χ1v) is 13.7. The van der Waals surface area contributed by atoms with Gasteiger partial charge < -0.3 is 9.47 Å². The molecule has 11 heteroatoms. The highest BCUT2D eigenvalue weighted by atomic mass is 79.9. The summed E-state index contributed by atoms with van der Waals surface area (Å²) in [5.74, 6) is 0.565. The second-order valence-electron chi connectivity index (χ2n) is 8.09. The summed E-state index contributed by atoms with van der Waals surface area (Å²) >= 11 is 9.76. The molecule has 0 saturated carbocycles. The van der Waals surface area contributed by atoms with E-state index in [4.69, 9.17) is 21.1 Å². The van der Waals surface area contributed by atoms with Crippen LogP contribution in [0.25, 0.3) is 0 Å². The summed E-state index contributed by atoms with van der Waals surface area (Å²) in [5, 5.41) is 4.52. The monoisotopic (exact) mass is 581 g/mol. The summed E-state index contributed by atoms with van der Waals surface area (Å²) in [6.45, 7) is 2.04. The number of benzene rings is 2. The lowest BCUT2D eigenvalue weighted by atomic mass is 9.93. The van der Waals surface area contributed by atoms with Gasteiger partial charge >= 0.3 is 5.97 Å². The second-order valence-corrected chi connectivity index (χ2v) is 11.4. The maximum Gasteiger partial charge on any atom is 0.327 e. The molecule has 0 bridgehead atoms. The summed E-state index contributed by atoms with van der Waals surface area (Å²) in [7, 11) is -2.31. The number of hydrogen-bond donors (Lipinski definition) is 0. The fourth-order valence-corrected chi connectivity index (χ4v) is 6.07. The molecule has 1 atom stereocenters. The summed E-state index contributed by atoms with van der Waals surface area (Å²) in [4.78, 5) is 12.0. The maximum absolute atomic E-state index is 13.5. The Morgan fingerprint density at radius 1 is 1.26 bits per heavy atom. The van der Waals surface area contributed by atoms with E-state index in [0.29, 0.717) is 30.9 Å². The van der Waals surface area contributed by atoms with Crippen molar-refractivity contribution in [1.29, 1.82) is 0 Å². The van der Waals surface area contributed by atoms with Crippen molar-refractivity contribution >= 4 is 43.5 Å². The SMILES string of the molecule is CCOC(=O)Cn1ncc2c1CCC[C@H]2N(C)S(=O)(=O)c1ccc(Oc2ccc(Br)cc2)c(Cl)c1. The predicted molar refractivity (Wildman–Crippen MR) is 135 cm³/mol. The van der Waals surface area contributed by atoms with Gasteiger partial charge in [-0.05, 0) is 68.7 Å². The van der Waals surface area contributed by atoms with E-state index in [9.17, 15) is 13.2 Å². The van der Waals surface area contributed by atoms with Crippen LogP contribution in [0.15, 0.2) is 58.0 Å². The Bertz CT molecular complexity index is 1330. The van der Waals surface area contributed by atoms with Gasteiger partial charge in [-0.15, -0.1) is 0 Å². The zero-order valence-electron chi connectivity index (χ0n) is 19.3. The van der Waals surface area contributed by atoms with E-state index in [-0.39, 0.29) is 22.4 Å². The van der Waals surface area contributed by atoms with Crippen LogP contribution in [0, 0.1) is 0 Å². The third-order valence-corrected chi connectivity index (χ3v) is 8.56. The van der Waals surface area contributed by atoms with Crippen LogP contribution in [-0.4, -0.2) is 42.1 Å². The number of aromatic nitrogens is 2.